The molecule has 3 aromatic rings. The quantitative estimate of drug-likeness (QED) is 0.544. The van der Waals surface area contributed by atoms with Gasteiger partial charge in [-0.05, 0) is 62.2 Å². The highest BCUT2D eigenvalue weighted by Crippen LogP contribution is 2.26. The second kappa shape index (κ2) is 10.3. The van der Waals surface area contributed by atoms with Crippen LogP contribution in [0.4, 0.5) is 0 Å². The van der Waals surface area contributed by atoms with Crippen LogP contribution in [0.2, 0.25) is 5.02 Å². The van der Waals surface area contributed by atoms with E-state index in [2.05, 4.69) is 36.2 Å². The second-order valence-corrected chi connectivity index (χ2v) is 8.55. The van der Waals surface area contributed by atoms with Crippen molar-refractivity contribution < 1.29 is 9.53 Å². The summed E-state index contributed by atoms with van der Waals surface area (Å²) in [6.45, 7) is 9.17. The van der Waals surface area contributed by atoms with Crippen LogP contribution >= 0.6 is 11.6 Å². The van der Waals surface area contributed by atoms with Crippen LogP contribution in [0.5, 0.6) is 0 Å². The number of aryl methyl sites for hydroxylation is 2. The van der Waals surface area contributed by atoms with E-state index >= 15 is 0 Å². The van der Waals surface area contributed by atoms with E-state index in [-0.39, 0.29) is 5.91 Å². The molecule has 7 heteroatoms. The van der Waals surface area contributed by atoms with Crippen LogP contribution < -0.4 is 5.32 Å². The largest absolute Gasteiger partial charge is 0.379 e. The zero-order valence-corrected chi connectivity index (χ0v) is 19.4. The van der Waals surface area contributed by atoms with E-state index in [1.54, 1.807) is 10.7 Å². The molecule has 0 unspecified atom stereocenters. The summed E-state index contributed by atoms with van der Waals surface area (Å²) in [5.74, 6) is -0.158. The van der Waals surface area contributed by atoms with Crippen molar-refractivity contribution >= 4 is 17.5 Å². The smallest absolute Gasteiger partial charge is 0.270 e. The van der Waals surface area contributed by atoms with Crippen molar-refractivity contribution in [2.24, 2.45) is 0 Å². The molecule has 1 amide bonds. The van der Waals surface area contributed by atoms with Gasteiger partial charge >= 0.3 is 0 Å². The summed E-state index contributed by atoms with van der Waals surface area (Å²) < 4.78 is 7.03. The molecule has 1 aliphatic rings. The van der Waals surface area contributed by atoms with E-state index in [1.807, 2.05) is 30.3 Å². The van der Waals surface area contributed by atoms with Crippen LogP contribution in [0.15, 0.2) is 48.5 Å². The number of rotatable bonds is 7. The summed E-state index contributed by atoms with van der Waals surface area (Å²) in [7, 11) is 0. The number of amides is 1. The van der Waals surface area contributed by atoms with Gasteiger partial charge < -0.3 is 10.1 Å². The number of halogens is 1. The molecule has 1 saturated heterocycles. The standard InChI is InChI=1S/C25H29ClN4O2/c1-18-8-9-20(16-19(18)2)22-17-24(30(28-22)23-7-4-3-6-21(23)26)25(31)27-10-5-11-29-12-14-32-15-13-29/h3-4,6-9,16-17H,5,10-15H2,1-2H3,(H,27,31). The fourth-order valence-corrected chi connectivity index (χ4v) is 4.03. The lowest BCUT2D eigenvalue weighted by Gasteiger charge is -2.26. The van der Waals surface area contributed by atoms with Crippen molar-refractivity contribution in [1.82, 2.24) is 20.0 Å². The SMILES string of the molecule is Cc1ccc(-c2cc(C(=O)NCCCN3CCOCC3)n(-c3ccccc3Cl)n2)cc1C. The second-order valence-electron chi connectivity index (χ2n) is 8.14. The van der Waals surface area contributed by atoms with E-state index in [0.717, 1.165) is 50.5 Å². The summed E-state index contributed by atoms with van der Waals surface area (Å²) in [5, 5.41) is 8.35. The Morgan fingerprint density at radius 3 is 2.62 bits per heavy atom. The number of morpholine rings is 1. The number of carbonyl (C=O) groups is 1. The molecule has 2 aromatic carbocycles. The Morgan fingerprint density at radius 2 is 1.88 bits per heavy atom. The lowest BCUT2D eigenvalue weighted by molar-refractivity contribution is 0.0374. The number of nitrogens with zero attached hydrogens (tertiary/aromatic N) is 3. The Hall–Kier alpha value is -2.67. The van der Waals surface area contributed by atoms with E-state index in [9.17, 15) is 4.79 Å². The van der Waals surface area contributed by atoms with E-state index < -0.39 is 0 Å². The number of hydrogen-bond acceptors (Lipinski definition) is 4. The van der Waals surface area contributed by atoms with Crippen LogP contribution in [-0.2, 0) is 4.74 Å². The van der Waals surface area contributed by atoms with Gasteiger partial charge in [0.15, 0.2) is 0 Å². The predicted molar refractivity (Wildman–Crippen MR) is 128 cm³/mol. The first-order valence-corrected chi connectivity index (χ1v) is 11.4. The van der Waals surface area contributed by atoms with Crippen molar-refractivity contribution in [2.75, 3.05) is 39.4 Å². The average Bonchev–Trinajstić information content (AvgIpc) is 3.25. The van der Waals surface area contributed by atoms with Crippen LogP contribution in [-0.4, -0.2) is 60.0 Å². The number of nitrogens with one attached hydrogen (secondary N) is 1. The van der Waals surface area contributed by atoms with Crippen molar-refractivity contribution in [3.63, 3.8) is 0 Å². The average molecular weight is 453 g/mol. The molecule has 1 aromatic heterocycles. The topological polar surface area (TPSA) is 59.4 Å². The fourth-order valence-electron chi connectivity index (χ4n) is 3.81. The van der Waals surface area contributed by atoms with E-state index in [4.69, 9.17) is 21.4 Å². The van der Waals surface area contributed by atoms with Crippen molar-refractivity contribution in [1.29, 1.82) is 0 Å². The number of aromatic nitrogens is 2. The first kappa shape index (κ1) is 22.5. The van der Waals surface area contributed by atoms with Crippen molar-refractivity contribution in [2.45, 2.75) is 20.3 Å². The summed E-state index contributed by atoms with van der Waals surface area (Å²) in [5.41, 5.74) is 5.27. The Labute approximate surface area is 194 Å². The van der Waals surface area contributed by atoms with Crippen molar-refractivity contribution in [3.05, 3.63) is 70.4 Å². The van der Waals surface area contributed by atoms with Crippen LogP contribution in [0, 0.1) is 13.8 Å². The first-order valence-electron chi connectivity index (χ1n) is 11.0. The first-order chi connectivity index (χ1) is 15.5. The lowest BCUT2D eigenvalue weighted by Crippen LogP contribution is -2.38. The highest BCUT2D eigenvalue weighted by molar-refractivity contribution is 6.32. The number of ether oxygens (including phenoxy) is 1. The number of benzene rings is 2. The van der Waals surface area contributed by atoms with Gasteiger partial charge in [-0.25, -0.2) is 4.68 Å². The molecule has 1 aliphatic heterocycles. The molecule has 0 aliphatic carbocycles. The van der Waals surface area contributed by atoms with E-state index in [0.29, 0.717) is 22.9 Å². The molecule has 0 saturated carbocycles. The molecule has 1 fully saturated rings. The molecule has 4 rings (SSSR count). The molecule has 32 heavy (non-hydrogen) atoms. The van der Waals surface area contributed by atoms with Crippen molar-refractivity contribution in [3.8, 4) is 16.9 Å². The molecule has 2 heterocycles. The maximum Gasteiger partial charge on any atom is 0.270 e. The van der Waals surface area contributed by atoms with Gasteiger partial charge in [0.1, 0.15) is 5.69 Å². The molecule has 168 valence electrons. The Balaban J connectivity index is 1.55. The number of carbonyl (C=O) groups excluding carboxylic acids is 1. The third kappa shape index (κ3) is 5.21. The Kier molecular flexibility index (Phi) is 7.25. The van der Waals surface area contributed by atoms with Gasteiger partial charge in [-0.2, -0.15) is 5.10 Å². The van der Waals surface area contributed by atoms with Gasteiger partial charge in [-0.3, -0.25) is 9.69 Å². The van der Waals surface area contributed by atoms with Crippen LogP contribution in [0.25, 0.3) is 16.9 Å². The monoisotopic (exact) mass is 452 g/mol. The van der Waals surface area contributed by atoms with Crippen LogP contribution in [0.3, 0.4) is 0 Å². The molecule has 0 atom stereocenters. The highest BCUT2D eigenvalue weighted by Gasteiger charge is 2.19. The molecular formula is C25H29ClN4O2. The predicted octanol–water partition coefficient (Wildman–Crippen LogP) is 4.26. The molecule has 0 spiro atoms. The molecule has 6 nitrogen and oxygen atoms in total. The highest BCUT2D eigenvalue weighted by atomic mass is 35.5. The maximum absolute atomic E-state index is 13.1. The minimum atomic E-state index is -0.158. The normalized spacial score (nSPS) is 14.5. The molecular weight excluding hydrogens is 424 g/mol. The Bertz CT molecular complexity index is 1090. The van der Waals surface area contributed by atoms with Gasteiger partial charge in [-0.15, -0.1) is 0 Å². The summed E-state index contributed by atoms with van der Waals surface area (Å²) in [6.07, 6.45) is 0.885. The number of para-hydroxylation sites is 1. The minimum Gasteiger partial charge on any atom is -0.379 e. The zero-order valence-electron chi connectivity index (χ0n) is 18.6. The summed E-state index contributed by atoms with van der Waals surface area (Å²) >= 11 is 6.44. The summed E-state index contributed by atoms with van der Waals surface area (Å²) in [4.78, 5) is 15.5. The summed E-state index contributed by atoms with van der Waals surface area (Å²) in [6, 6.07) is 15.5. The van der Waals surface area contributed by atoms with Gasteiger partial charge in [0.25, 0.3) is 5.91 Å². The third-order valence-electron chi connectivity index (χ3n) is 5.87. The Morgan fingerprint density at radius 1 is 1.09 bits per heavy atom. The van der Waals surface area contributed by atoms with E-state index in [1.165, 1.54) is 11.1 Å². The van der Waals surface area contributed by atoms with Gasteiger partial charge in [0, 0.05) is 25.2 Å². The lowest BCUT2D eigenvalue weighted by atomic mass is 10.0. The fraction of sp³-hybridized carbons (Fsp3) is 0.360. The van der Waals surface area contributed by atoms with Gasteiger partial charge in [-0.1, -0.05) is 35.9 Å². The maximum atomic E-state index is 13.1. The molecule has 0 radical (unpaired) electrons. The molecule has 0 bridgehead atoms. The number of hydrogen-bond donors (Lipinski definition) is 1. The molecule has 1 N–H and O–H groups in total. The zero-order chi connectivity index (χ0) is 22.5. The van der Waals surface area contributed by atoms with Gasteiger partial charge in [0.05, 0.1) is 29.6 Å². The van der Waals surface area contributed by atoms with Gasteiger partial charge in [0.2, 0.25) is 0 Å². The third-order valence-corrected chi connectivity index (χ3v) is 6.19. The van der Waals surface area contributed by atoms with Crippen LogP contribution in [0.1, 0.15) is 28.0 Å². The minimum absolute atomic E-state index is 0.158.